The van der Waals surface area contributed by atoms with Gasteiger partial charge in [0.2, 0.25) is 11.7 Å². The number of rotatable bonds is 9. The number of hydrogen-bond acceptors (Lipinski definition) is 6. The molecule has 0 fully saturated rings. The lowest BCUT2D eigenvalue weighted by Gasteiger charge is -2.15. The van der Waals surface area contributed by atoms with E-state index < -0.39 is 0 Å². The number of fused-ring (bicyclic) bond motifs is 3. The maximum absolute atomic E-state index is 13.4. The molecule has 0 spiro atoms. The minimum atomic E-state index is -0.212. The molecule has 9 nitrogen and oxygen atoms in total. The van der Waals surface area contributed by atoms with Crippen LogP contribution in [0.3, 0.4) is 0 Å². The van der Waals surface area contributed by atoms with Crippen LogP contribution in [0.1, 0.15) is 50.0 Å². The van der Waals surface area contributed by atoms with Gasteiger partial charge in [0.25, 0.3) is 11.5 Å². The maximum atomic E-state index is 13.4. The quantitative estimate of drug-likeness (QED) is 0.319. The van der Waals surface area contributed by atoms with Gasteiger partial charge in [0.05, 0.1) is 16.7 Å². The van der Waals surface area contributed by atoms with Gasteiger partial charge in [-0.2, -0.15) is 0 Å². The minimum absolute atomic E-state index is 0.0235. The van der Waals surface area contributed by atoms with Crippen LogP contribution in [-0.4, -0.2) is 42.8 Å². The zero-order valence-electron chi connectivity index (χ0n) is 21.7. The maximum Gasteiger partial charge on any atom is 0.262 e. The van der Waals surface area contributed by atoms with Crippen LogP contribution >= 0.6 is 11.8 Å². The largest absolute Gasteiger partial charge is 0.350 e. The third kappa shape index (κ3) is 5.85. The van der Waals surface area contributed by atoms with Crippen molar-refractivity contribution in [3.05, 3.63) is 63.9 Å². The summed E-state index contributed by atoms with van der Waals surface area (Å²) in [6.07, 6.45) is 0.806. The Labute approximate surface area is 219 Å². The van der Waals surface area contributed by atoms with Gasteiger partial charge in [-0.25, -0.2) is 0 Å². The van der Waals surface area contributed by atoms with Crippen LogP contribution in [0.15, 0.2) is 52.4 Å². The summed E-state index contributed by atoms with van der Waals surface area (Å²) in [5, 5.41) is 15.4. The van der Waals surface area contributed by atoms with Gasteiger partial charge < -0.3 is 10.6 Å². The normalized spacial score (nSPS) is 12.3. The monoisotopic (exact) mass is 520 g/mol. The lowest BCUT2D eigenvalue weighted by molar-refractivity contribution is -0.113. The fourth-order valence-corrected chi connectivity index (χ4v) is 4.66. The summed E-state index contributed by atoms with van der Waals surface area (Å²) in [6.45, 7) is 10.4. The number of amides is 2. The van der Waals surface area contributed by atoms with E-state index in [2.05, 4.69) is 20.8 Å². The van der Waals surface area contributed by atoms with E-state index in [0.717, 1.165) is 17.7 Å². The Morgan fingerprint density at radius 3 is 2.46 bits per heavy atom. The second kappa shape index (κ2) is 11.2. The Morgan fingerprint density at radius 2 is 1.78 bits per heavy atom. The summed E-state index contributed by atoms with van der Waals surface area (Å²) in [4.78, 5) is 38.9. The van der Waals surface area contributed by atoms with Gasteiger partial charge in [0.15, 0.2) is 5.16 Å². The Morgan fingerprint density at radius 1 is 1.05 bits per heavy atom. The number of aromatic nitrogens is 4. The van der Waals surface area contributed by atoms with Crippen LogP contribution in [0.2, 0.25) is 0 Å². The summed E-state index contributed by atoms with van der Waals surface area (Å²) in [5.74, 6) is 0.294. The highest BCUT2D eigenvalue weighted by atomic mass is 32.2. The van der Waals surface area contributed by atoms with Crippen LogP contribution in [0, 0.1) is 12.8 Å². The van der Waals surface area contributed by atoms with Gasteiger partial charge in [-0.05, 0) is 56.5 Å². The van der Waals surface area contributed by atoms with Crippen LogP contribution in [0.5, 0.6) is 0 Å². The average molecular weight is 521 g/mol. The fraction of sp³-hybridized carbons (Fsp3) is 0.370. The Bertz CT molecular complexity index is 1510. The van der Waals surface area contributed by atoms with Crippen molar-refractivity contribution < 1.29 is 9.59 Å². The molecule has 0 bridgehead atoms. The van der Waals surface area contributed by atoms with E-state index >= 15 is 0 Å². The van der Waals surface area contributed by atoms with E-state index in [4.69, 9.17) is 0 Å². The summed E-state index contributed by atoms with van der Waals surface area (Å²) in [6, 6.07) is 12.6. The van der Waals surface area contributed by atoms with Crippen molar-refractivity contribution in [2.45, 2.75) is 58.8 Å². The number of carbonyl (C=O) groups excluding carboxylic acids is 2. The number of anilines is 1. The van der Waals surface area contributed by atoms with Gasteiger partial charge in [-0.3, -0.25) is 23.4 Å². The first-order valence-corrected chi connectivity index (χ1v) is 13.4. The van der Waals surface area contributed by atoms with E-state index in [-0.39, 0.29) is 35.1 Å². The summed E-state index contributed by atoms with van der Waals surface area (Å²) in [7, 11) is 0. The standard InChI is InChI=1S/C27H32N6O3S/c1-6-18(5)28-24(35)19-9-12-21-22(13-19)33-26(32(25(21)36)14-16(2)3)30-31-27(33)37-15-23(34)29-20-10-7-17(4)8-11-20/h7-13,16,18H,6,14-15H2,1-5H3,(H,28,35)(H,29,34)/t18-/m0/s1. The van der Waals surface area contributed by atoms with E-state index in [0.29, 0.717) is 33.9 Å². The van der Waals surface area contributed by atoms with E-state index in [1.807, 2.05) is 58.9 Å². The third-order valence-corrected chi connectivity index (χ3v) is 6.97. The van der Waals surface area contributed by atoms with Crippen molar-refractivity contribution in [2.75, 3.05) is 11.1 Å². The second-order valence-corrected chi connectivity index (χ2v) is 10.6. The van der Waals surface area contributed by atoms with Gasteiger partial charge in [0, 0.05) is 23.8 Å². The first-order chi connectivity index (χ1) is 17.7. The predicted molar refractivity (Wildman–Crippen MR) is 147 cm³/mol. The van der Waals surface area contributed by atoms with E-state index in [9.17, 15) is 14.4 Å². The van der Waals surface area contributed by atoms with Crippen molar-refractivity contribution in [2.24, 2.45) is 5.92 Å². The third-order valence-electron chi connectivity index (χ3n) is 6.04. The zero-order chi connectivity index (χ0) is 26.7. The second-order valence-electron chi connectivity index (χ2n) is 9.65. The molecule has 0 unspecified atom stereocenters. The van der Waals surface area contributed by atoms with Crippen LogP contribution < -0.4 is 16.2 Å². The number of nitrogens with zero attached hydrogens (tertiary/aromatic N) is 4. The smallest absolute Gasteiger partial charge is 0.262 e. The Balaban J connectivity index is 1.73. The lowest BCUT2D eigenvalue weighted by atomic mass is 10.1. The molecule has 2 heterocycles. The number of carbonyl (C=O) groups is 2. The number of nitrogens with one attached hydrogen (secondary N) is 2. The molecule has 4 aromatic rings. The van der Waals surface area contributed by atoms with Crippen molar-refractivity contribution in [1.82, 2.24) is 24.5 Å². The molecular weight excluding hydrogens is 488 g/mol. The molecule has 0 saturated heterocycles. The van der Waals surface area contributed by atoms with Crippen molar-refractivity contribution in [1.29, 1.82) is 0 Å². The SMILES string of the molecule is CC[C@H](C)NC(=O)c1ccc2c(=O)n(CC(C)C)c3nnc(SCC(=O)Nc4ccc(C)cc4)n3c2c1. The first-order valence-electron chi connectivity index (χ1n) is 12.4. The zero-order valence-corrected chi connectivity index (χ0v) is 22.6. The summed E-state index contributed by atoms with van der Waals surface area (Å²) < 4.78 is 3.37. The molecule has 0 aliphatic carbocycles. The topological polar surface area (TPSA) is 110 Å². The van der Waals surface area contributed by atoms with Crippen LogP contribution in [-0.2, 0) is 11.3 Å². The van der Waals surface area contributed by atoms with Crippen molar-refractivity contribution >= 4 is 45.9 Å². The summed E-state index contributed by atoms with van der Waals surface area (Å²) in [5.41, 5.74) is 2.61. The molecule has 2 amide bonds. The molecule has 2 N–H and O–H groups in total. The molecule has 10 heteroatoms. The summed E-state index contributed by atoms with van der Waals surface area (Å²) >= 11 is 1.23. The van der Waals surface area contributed by atoms with Crippen LogP contribution in [0.25, 0.3) is 16.7 Å². The molecule has 0 saturated carbocycles. The molecule has 1 atom stereocenters. The first kappa shape index (κ1) is 26.4. The highest BCUT2D eigenvalue weighted by Crippen LogP contribution is 2.23. The number of aryl methyl sites for hydroxylation is 1. The minimum Gasteiger partial charge on any atom is -0.350 e. The number of thioether (sulfide) groups is 1. The van der Waals surface area contributed by atoms with E-state index in [1.165, 1.54) is 11.8 Å². The van der Waals surface area contributed by atoms with Gasteiger partial charge in [0.1, 0.15) is 0 Å². The van der Waals surface area contributed by atoms with Crippen LogP contribution in [0.4, 0.5) is 5.69 Å². The van der Waals surface area contributed by atoms with Crippen molar-refractivity contribution in [3.63, 3.8) is 0 Å². The molecule has 0 radical (unpaired) electrons. The van der Waals surface area contributed by atoms with Gasteiger partial charge in [-0.1, -0.05) is 50.2 Å². The van der Waals surface area contributed by atoms with Crippen molar-refractivity contribution in [3.8, 4) is 0 Å². The Hall–Kier alpha value is -3.66. The number of hydrogen-bond donors (Lipinski definition) is 2. The average Bonchev–Trinajstić information content (AvgIpc) is 3.30. The molecule has 4 rings (SSSR count). The van der Waals surface area contributed by atoms with E-state index in [1.54, 1.807) is 27.2 Å². The molecule has 0 aliphatic heterocycles. The molecule has 194 valence electrons. The molecular formula is C27H32N6O3S. The molecule has 2 aromatic heterocycles. The highest BCUT2D eigenvalue weighted by molar-refractivity contribution is 7.99. The molecule has 2 aromatic carbocycles. The highest BCUT2D eigenvalue weighted by Gasteiger charge is 2.20. The Kier molecular flexibility index (Phi) is 7.97. The lowest BCUT2D eigenvalue weighted by Crippen LogP contribution is -2.32. The van der Waals surface area contributed by atoms with Gasteiger partial charge in [-0.15, -0.1) is 10.2 Å². The molecule has 0 aliphatic rings. The number of benzene rings is 2. The van der Waals surface area contributed by atoms with Gasteiger partial charge >= 0.3 is 0 Å². The molecule has 37 heavy (non-hydrogen) atoms. The fourth-order valence-electron chi connectivity index (χ4n) is 3.92. The predicted octanol–water partition coefficient (Wildman–Crippen LogP) is 4.27.